The van der Waals surface area contributed by atoms with Crippen molar-refractivity contribution >= 4 is 12.1 Å². The highest BCUT2D eigenvalue weighted by molar-refractivity contribution is 5.76. The maximum Gasteiger partial charge on any atom is 0.410 e. The number of nitrogens with zero attached hydrogens (tertiary/aromatic N) is 2. The first kappa shape index (κ1) is 20.0. The Morgan fingerprint density at radius 2 is 2.00 bits per heavy atom. The molecular formula is C19H28N2O5. The smallest absolute Gasteiger partial charge is 0.410 e. The maximum absolute atomic E-state index is 12.5. The number of pyridine rings is 1. The average Bonchev–Trinajstić information content (AvgIpc) is 2.55. The Hall–Kier alpha value is -2.31. The number of carbonyl (C=O) groups is 2. The Labute approximate surface area is 153 Å². The van der Waals surface area contributed by atoms with E-state index in [1.54, 1.807) is 51.9 Å². The summed E-state index contributed by atoms with van der Waals surface area (Å²) in [5.41, 5.74) is 0.0774. The van der Waals surface area contributed by atoms with Gasteiger partial charge < -0.3 is 18.9 Å². The van der Waals surface area contributed by atoms with Crippen LogP contribution in [0.4, 0.5) is 4.79 Å². The van der Waals surface area contributed by atoms with Crippen LogP contribution in [0, 0.1) is 5.92 Å². The fraction of sp³-hybridized carbons (Fsp3) is 0.632. The minimum atomic E-state index is -0.598. The molecule has 7 nitrogen and oxygen atoms in total. The van der Waals surface area contributed by atoms with Crippen molar-refractivity contribution in [3.63, 3.8) is 0 Å². The SMILES string of the molecule is CCOC(=O)[C@H]1CN(C(=O)OC(C)(C)C)CC[C@@H]1c1ccn(C)c(=O)c1. The highest BCUT2D eigenvalue weighted by Crippen LogP contribution is 2.34. The molecule has 2 rings (SSSR count). The van der Waals surface area contributed by atoms with Gasteiger partial charge in [-0.15, -0.1) is 0 Å². The molecule has 2 heterocycles. The van der Waals surface area contributed by atoms with Gasteiger partial charge in [-0.2, -0.15) is 0 Å². The van der Waals surface area contributed by atoms with Crippen molar-refractivity contribution in [2.75, 3.05) is 19.7 Å². The van der Waals surface area contributed by atoms with Crippen LogP contribution in [0.3, 0.4) is 0 Å². The van der Waals surface area contributed by atoms with Crippen LogP contribution in [0.2, 0.25) is 0 Å². The summed E-state index contributed by atoms with van der Waals surface area (Å²) in [4.78, 5) is 38.4. The normalized spacial score (nSPS) is 20.6. The molecule has 0 radical (unpaired) electrons. The van der Waals surface area contributed by atoms with Crippen LogP contribution in [0.15, 0.2) is 23.1 Å². The van der Waals surface area contributed by atoms with Crippen molar-refractivity contribution in [3.05, 3.63) is 34.2 Å². The van der Waals surface area contributed by atoms with Gasteiger partial charge in [0, 0.05) is 38.3 Å². The zero-order valence-corrected chi connectivity index (χ0v) is 16.2. The lowest BCUT2D eigenvalue weighted by Crippen LogP contribution is -2.48. The molecule has 0 aromatic carbocycles. The van der Waals surface area contributed by atoms with Gasteiger partial charge in [0.05, 0.1) is 12.5 Å². The second kappa shape index (κ2) is 7.93. The van der Waals surface area contributed by atoms with Crippen molar-refractivity contribution in [1.29, 1.82) is 0 Å². The number of carbonyl (C=O) groups excluding carboxylic acids is 2. The van der Waals surface area contributed by atoms with Gasteiger partial charge >= 0.3 is 12.1 Å². The minimum Gasteiger partial charge on any atom is -0.466 e. The average molecular weight is 364 g/mol. The molecule has 1 amide bonds. The van der Waals surface area contributed by atoms with Gasteiger partial charge in [0.25, 0.3) is 5.56 Å². The van der Waals surface area contributed by atoms with Crippen molar-refractivity contribution in [1.82, 2.24) is 9.47 Å². The first-order valence-electron chi connectivity index (χ1n) is 8.93. The largest absolute Gasteiger partial charge is 0.466 e. The zero-order valence-electron chi connectivity index (χ0n) is 16.2. The highest BCUT2D eigenvalue weighted by atomic mass is 16.6. The van der Waals surface area contributed by atoms with E-state index in [-0.39, 0.29) is 30.6 Å². The molecule has 2 atom stereocenters. The summed E-state index contributed by atoms with van der Waals surface area (Å²) in [6.45, 7) is 8.11. The number of piperidine rings is 1. The molecule has 0 unspecified atom stereocenters. The molecule has 144 valence electrons. The molecule has 26 heavy (non-hydrogen) atoms. The number of amides is 1. The Balaban J connectivity index is 2.24. The van der Waals surface area contributed by atoms with E-state index in [0.29, 0.717) is 13.0 Å². The number of hydrogen-bond acceptors (Lipinski definition) is 5. The van der Waals surface area contributed by atoms with Crippen molar-refractivity contribution in [2.24, 2.45) is 13.0 Å². The van der Waals surface area contributed by atoms with E-state index in [0.717, 1.165) is 5.56 Å². The van der Waals surface area contributed by atoms with E-state index in [2.05, 4.69) is 0 Å². The minimum absolute atomic E-state index is 0.125. The van der Waals surface area contributed by atoms with Gasteiger partial charge in [-0.25, -0.2) is 4.79 Å². The van der Waals surface area contributed by atoms with Crippen molar-refractivity contribution < 1.29 is 19.1 Å². The Morgan fingerprint density at radius 3 is 2.58 bits per heavy atom. The summed E-state index contributed by atoms with van der Waals surface area (Å²) in [5.74, 6) is -1.05. The van der Waals surface area contributed by atoms with Gasteiger partial charge in [0.1, 0.15) is 5.60 Å². The molecule has 0 saturated carbocycles. The molecule has 7 heteroatoms. The van der Waals surface area contributed by atoms with Crippen LogP contribution < -0.4 is 5.56 Å². The molecule has 1 saturated heterocycles. The van der Waals surface area contributed by atoms with Gasteiger partial charge in [-0.05, 0) is 45.7 Å². The molecule has 0 N–H and O–H groups in total. The van der Waals surface area contributed by atoms with E-state index >= 15 is 0 Å². The van der Waals surface area contributed by atoms with Crippen LogP contribution in [-0.2, 0) is 21.3 Å². The molecule has 0 spiro atoms. The summed E-state index contributed by atoms with van der Waals surface area (Å²) >= 11 is 0. The predicted molar refractivity (Wildman–Crippen MR) is 97.0 cm³/mol. The molecule has 0 bridgehead atoms. The first-order chi connectivity index (χ1) is 12.1. The second-order valence-corrected chi connectivity index (χ2v) is 7.59. The van der Waals surface area contributed by atoms with E-state index in [1.165, 1.54) is 4.57 Å². The second-order valence-electron chi connectivity index (χ2n) is 7.59. The molecule has 0 aliphatic carbocycles. The van der Waals surface area contributed by atoms with Crippen LogP contribution in [-0.4, -0.2) is 46.8 Å². The van der Waals surface area contributed by atoms with Crippen LogP contribution in [0.1, 0.15) is 45.6 Å². The Morgan fingerprint density at radius 1 is 1.31 bits per heavy atom. The lowest BCUT2D eigenvalue weighted by Gasteiger charge is -2.38. The van der Waals surface area contributed by atoms with E-state index in [9.17, 15) is 14.4 Å². The molecule has 1 aliphatic heterocycles. The third-order valence-electron chi connectivity index (χ3n) is 4.41. The third-order valence-corrected chi connectivity index (χ3v) is 4.41. The first-order valence-corrected chi connectivity index (χ1v) is 8.93. The quantitative estimate of drug-likeness (QED) is 0.769. The molecule has 1 aromatic rings. The van der Waals surface area contributed by atoms with Crippen LogP contribution in [0.5, 0.6) is 0 Å². The molecule has 1 aliphatic rings. The summed E-state index contributed by atoms with van der Waals surface area (Å²) in [6.07, 6.45) is 1.82. The standard InChI is InChI=1S/C19H28N2O5/c1-6-25-17(23)15-12-21(18(24)26-19(2,3)4)10-8-14(15)13-7-9-20(5)16(22)11-13/h7,9,11,14-15H,6,8,10,12H2,1-5H3/t14-,15+/m1/s1. The Kier molecular flexibility index (Phi) is 6.10. The predicted octanol–water partition coefficient (Wildman–Crippen LogP) is 2.29. The third kappa shape index (κ3) is 4.86. The fourth-order valence-corrected chi connectivity index (χ4v) is 3.13. The van der Waals surface area contributed by atoms with E-state index in [4.69, 9.17) is 9.47 Å². The highest BCUT2D eigenvalue weighted by Gasteiger charge is 2.39. The molecule has 1 fully saturated rings. The summed E-state index contributed by atoms with van der Waals surface area (Å²) in [5, 5.41) is 0. The van der Waals surface area contributed by atoms with Gasteiger partial charge in [0.2, 0.25) is 0 Å². The number of esters is 1. The van der Waals surface area contributed by atoms with Crippen molar-refractivity contribution in [2.45, 2.75) is 45.6 Å². The number of rotatable bonds is 3. The monoisotopic (exact) mass is 364 g/mol. The summed E-state index contributed by atoms with van der Waals surface area (Å²) in [7, 11) is 1.68. The van der Waals surface area contributed by atoms with E-state index < -0.39 is 17.6 Å². The van der Waals surface area contributed by atoms with Crippen molar-refractivity contribution in [3.8, 4) is 0 Å². The van der Waals surface area contributed by atoms with E-state index in [1.807, 2.05) is 6.07 Å². The Bertz CT molecular complexity index is 719. The summed E-state index contributed by atoms with van der Waals surface area (Å²) in [6, 6.07) is 3.40. The van der Waals surface area contributed by atoms with Crippen LogP contribution >= 0.6 is 0 Å². The topological polar surface area (TPSA) is 77.8 Å². The van der Waals surface area contributed by atoms with Gasteiger partial charge in [-0.3, -0.25) is 9.59 Å². The van der Waals surface area contributed by atoms with Crippen LogP contribution in [0.25, 0.3) is 0 Å². The number of ether oxygens (including phenoxy) is 2. The lowest BCUT2D eigenvalue weighted by atomic mass is 9.81. The number of hydrogen-bond donors (Lipinski definition) is 0. The number of likely N-dealkylation sites (tertiary alicyclic amines) is 1. The zero-order chi connectivity index (χ0) is 19.5. The summed E-state index contributed by atoms with van der Waals surface area (Å²) < 4.78 is 12.1. The van der Waals surface area contributed by atoms with Gasteiger partial charge in [-0.1, -0.05) is 0 Å². The fourth-order valence-electron chi connectivity index (χ4n) is 3.13. The number of aromatic nitrogens is 1. The molecule has 1 aromatic heterocycles. The number of aryl methyl sites for hydroxylation is 1. The maximum atomic E-state index is 12.5. The lowest BCUT2D eigenvalue weighted by molar-refractivity contribution is -0.150. The molecular weight excluding hydrogens is 336 g/mol. The van der Waals surface area contributed by atoms with Gasteiger partial charge in [0.15, 0.2) is 0 Å².